The molecule has 0 aliphatic carbocycles. The van der Waals surface area contributed by atoms with E-state index in [4.69, 9.17) is 4.52 Å². The molecule has 0 aliphatic rings. The summed E-state index contributed by atoms with van der Waals surface area (Å²) in [7, 11) is 0. The molecule has 0 unspecified atom stereocenters. The lowest BCUT2D eigenvalue weighted by Gasteiger charge is -1.99. The molecule has 0 radical (unpaired) electrons. The van der Waals surface area contributed by atoms with Crippen molar-refractivity contribution in [2.75, 3.05) is 0 Å². The van der Waals surface area contributed by atoms with Crippen molar-refractivity contribution in [3.05, 3.63) is 98.9 Å². The fourth-order valence-electron chi connectivity index (χ4n) is 3.46. The largest absolute Gasteiger partial charge is 0.355 e. The first-order chi connectivity index (χ1) is 16.1. The van der Waals surface area contributed by atoms with Gasteiger partial charge in [-0.25, -0.2) is 4.98 Å². The second-order valence-corrected chi connectivity index (χ2v) is 8.03. The molecule has 2 heterocycles. The average Bonchev–Trinajstić information content (AvgIpc) is 3.50. The Labute approximate surface area is 192 Å². The van der Waals surface area contributed by atoms with E-state index in [9.17, 15) is 15.4 Å². The second kappa shape index (κ2) is 8.49. The highest BCUT2D eigenvalue weighted by molar-refractivity contribution is 7.11. The van der Waals surface area contributed by atoms with Crippen LogP contribution in [-0.4, -0.2) is 15.1 Å². The molecule has 33 heavy (non-hydrogen) atoms. The zero-order valence-electron chi connectivity index (χ0n) is 17.0. The molecule has 0 spiro atoms. The lowest BCUT2D eigenvalue weighted by atomic mass is 10.0. The van der Waals surface area contributed by atoms with Crippen molar-refractivity contribution >= 4 is 39.6 Å². The van der Waals surface area contributed by atoms with Crippen LogP contribution < -0.4 is 0 Å². The van der Waals surface area contributed by atoms with E-state index in [1.807, 2.05) is 48.5 Å². The first-order valence-corrected chi connectivity index (χ1v) is 10.8. The van der Waals surface area contributed by atoms with Crippen molar-refractivity contribution < 1.29 is 9.45 Å². The van der Waals surface area contributed by atoms with Gasteiger partial charge in [0, 0.05) is 28.6 Å². The molecule has 0 bridgehead atoms. The smallest absolute Gasteiger partial charge is 0.270 e. The van der Waals surface area contributed by atoms with Crippen LogP contribution in [0.25, 0.3) is 45.1 Å². The van der Waals surface area contributed by atoms with Crippen molar-refractivity contribution in [2.45, 2.75) is 0 Å². The summed E-state index contributed by atoms with van der Waals surface area (Å²) in [6, 6.07) is 23.8. The van der Waals surface area contributed by atoms with Crippen LogP contribution in [0.1, 0.15) is 10.6 Å². The number of nitro groups is 1. The van der Waals surface area contributed by atoms with E-state index in [0.717, 1.165) is 22.0 Å². The van der Waals surface area contributed by atoms with Gasteiger partial charge in [0.25, 0.3) is 5.69 Å². The van der Waals surface area contributed by atoms with Gasteiger partial charge in [-0.05, 0) is 23.8 Å². The molecule has 0 saturated carbocycles. The van der Waals surface area contributed by atoms with Crippen LogP contribution >= 0.6 is 11.3 Å². The molecule has 0 amide bonds. The maximum atomic E-state index is 11.1. The summed E-state index contributed by atoms with van der Waals surface area (Å²) in [4.78, 5) is 15.2. The van der Waals surface area contributed by atoms with E-state index >= 15 is 0 Å². The van der Waals surface area contributed by atoms with Gasteiger partial charge < -0.3 is 4.52 Å². The van der Waals surface area contributed by atoms with Gasteiger partial charge in [-0.1, -0.05) is 53.7 Å². The molecule has 3 aromatic carbocycles. The second-order valence-electron chi connectivity index (χ2n) is 7.17. The Hall–Kier alpha value is -4.61. The Morgan fingerprint density at radius 3 is 2.67 bits per heavy atom. The van der Waals surface area contributed by atoms with Gasteiger partial charge >= 0.3 is 0 Å². The number of thiazole rings is 1. The zero-order chi connectivity index (χ0) is 22.8. The molecule has 0 atom stereocenters. The monoisotopic (exact) mass is 450 g/mol. The molecule has 0 saturated heterocycles. The number of benzene rings is 3. The lowest BCUT2D eigenvalue weighted by molar-refractivity contribution is -0.384. The fourth-order valence-corrected chi connectivity index (χ4v) is 4.26. The van der Waals surface area contributed by atoms with E-state index < -0.39 is 4.92 Å². The minimum atomic E-state index is -0.442. The summed E-state index contributed by atoms with van der Waals surface area (Å²) in [5.41, 5.74) is 4.06. The van der Waals surface area contributed by atoms with Crippen LogP contribution in [0, 0.1) is 21.4 Å². The van der Waals surface area contributed by atoms with E-state index in [1.165, 1.54) is 23.5 Å². The third-order valence-electron chi connectivity index (χ3n) is 5.06. The number of allylic oxidation sites excluding steroid dienone is 1. The number of non-ortho nitro benzene ring substituents is 1. The first-order valence-electron chi connectivity index (χ1n) is 9.90. The number of aromatic nitrogens is 2. The van der Waals surface area contributed by atoms with Gasteiger partial charge in [0.15, 0.2) is 5.76 Å². The maximum absolute atomic E-state index is 11.1. The number of fused-ring (bicyclic) bond motifs is 1. The van der Waals surface area contributed by atoms with Gasteiger partial charge in [-0.2, -0.15) is 5.26 Å². The number of nitriles is 1. The number of hydrogen-bond acceptors (Lipinski definition) is 7. The number of hydrogen-bond donors (Lipinski definition) is 0. The SMILES string of the molecule is N#CC(=Cc1ccc2noc(-c3ccccc3)c2c1)c1nc(-c2cccc([N+](=O)[O-])c2)cs1. The van der Waals surface area contributed by atoms with Crippen LogP contribution in [0.4, 0.5) is 5.69 Å². The highest BCUT2D eigenvalue weighted by Gasteiger charge is 2.14. The van der Waals surface area contributed by atoms with Gasteiger partial charge in [0.2, 0.25) is 0 Å². The van der Waals surface area contributed by atoms with Gasteiger partial charge in [-0.15, -0.1) is 11.3 Å². The zero-order valence-corrected chi connectivity index (χ0v) is 17.8. The molecule has 2 aromatic heterocycles. The Kier molecular flexibility index (Phi) is 5.23. The summed E-state index contributed by atoms with van der Waals surface area (Å²) in [5.74, 6) is 0.668. The van der Waals surface area contributed by atoms with Crippen molar-refractivity contribution in [1.82, 2.24) is 10.1 Å². The van der Waals surface area contributed by atoms with Gasteiger partial charge in [-0.3, -0.25) is 10.1 Å². The number of rotatable bonds is 5. The molecule has 0 aliphatic heterocycles. The highest BCUT2D eigenvalue weighted by atomic mass is 32.1. The molecule has 0 N–H and O–H groups in total. The summed E-state index contributed by atoms with van der Waals surface area (Å²) in [6.07, 6.45) is 1.76. The van der Waals surface area contributed by atoms with E-state index in [1.54, 1.807) is 23.6 Å². The quantitative estimate of drug-likeness (QED) is 0.170. The van der Waals surface area contributed by atoms with Crippen LogP contribution in [0.5, 0.6) is 0 Å². The van der Waals surface area contributed by atoms with Crippen molar-refractivity contribution in [2.24, 2.45) is 0 Å². The number of nitrogens with zero attached hydrogens (tertiary/aromatic N) is 4. The average molecular weight is 450 g/mol. The molecule has 5 rings (SSSR count). The first kappa shape index (κ1) is 20.3. The highest BCUT2D eigenvalue weighted by Crippen LogP contribution is 2.32. The van der Waals surface area contributed by atoms with E-state index in [0.29, 0.717) is 27.6 Å². The Morgan fingerprint density at radius 1 is 1.06 bits per heavy atom. The van der Waals surface area contributed by atoms with Crippen LogP contribution in [0.15, 0.2) is 82.7 Å². The minimum Gasteiger partial charge on any atom is -0.355 e. The van der Waals surface area contributed by atoms with Gasteiger partial charge in [0.05, 0.1) is 21.6 Å². The predicted octanol–water partition coefficient (Wildman–Crippen LogP) is 6.59. The van der Waals surface area contributed by atoms with Crippen LogP contribution in [-0.2, 0) is 0 Å². The Balaban J connectivity index is 1.51. The molecular formula is C25H14N4O3S. The summed E-state index contributed by atoms with van der Waals surface area (Å²) in [5, 5.41) is 28.1. The van der Waals surface area contributed by atoms with Crippen molar-refractivity contribution in [3.63, 3.8) is 0 Å². The summed E-state index contributed by atoms with van der Waals surface area (Å²) in [6.45, 7) is 0. The Morgan fingerprint density at radius 2 is 1.88 bits per heavy atom. The predicted molar refractivity (Wildman–Crippen MR) is 127 cm³/mol. The molecular weight excluding hydrogens is 436 g/mol. The molecule has 7 nitrogen and oxygen atoms in total. The molecule has 5 aromatic rings. The van der Waals surface area contributed by atoms with Crippen LogP contribution in [0.3, 0.4) is 0 Å². The minimum absolute atomic E-state index is 0.00524. The number of nitro benzene ring substituents is 1. The van der Waals surface area contributed by atoms with Crippen molar-refractivity contribution in [3.8, 4) is 28.7 Å². The molecule has 158 valence electrons. The maximum Gasteiger partial charge on any atom is 0.270 e. The van der Waals surface area contributed by atoms with E-state index in [2.05, 4.69) is 16.2 Å². The summed E-state index contributed by atoms with van der Waals surface area (Å²) >= 11 is 1.31. The fraction of sp³-hybridized carbons (Fsp3) is 0. The van der Waals surface area contributed by atoms with Crippen LogP contribution in [0.2, 0.25) is 0 Å². The lowest BCUT2D eigenvalue weighted by Crippen LogP contribution is -1.88. The third-order valence-corrected chi connectivity index (χ3v) is 5.93. The van der Waals surface area contributed by atoms with E-state index in [-0.39, 0.29) is 5.69 Å². The standard InChI is InChI=1S/C25H14N4O3S/c26-14-19(25-27-23(15-33-25)18-7-4-8-20(13-18)29(30)31)11-16-9-10-22-21(12-16)24(32-28-22)17-5-2-1-3-6-17/h1-13,15H. The normalized spacial score (nSPS) is 11.4. The Bertz CT molecular complexity index is 1560. The van der Waals surface area contributed by atoms with Gasteiger partial charge in [0.1, 0.15) is 16.6 Å². The van der Waals surface area contributed by atoms with Crippen molar-refractivity contribution in [1.29, 1.82) is 5.26 Å². The molecule has 8 heteroatoms. The topological polar surface area (TPSA) is 106 Å². The molecule has 0 fully saturated rings. The third kappa shape index (κ3) is 4.01. The summed E-state index contributed by atoms with van der Waals surface area (Å²) < 4.78 is 5.56.